The third-order valence-corrected chi connectivity index (χ3v) is 6.43. The van der Waals surface area contributed by atoms with Crippen LogP contribution >= 0.6 is 11.3 Å². The first-order chi connectivity index (χ1) is 14.7. The van der Waals surface area contributed by atoms with Crippen LogP contribution in [-0.4, -0.2) is 18.4 Å². The van der Waals surface area contributed by atoms with E-state index in [1.807, 2.05) is 47.8 Å². The number of thiophene rings is 1. The van der Waals surface area contributed by atoms with Gasteiger partial charge < -0.3 is 10.6 Å². The highest BCUT2D eigenvalue weighted by Crippen LogP contribution is 2.30. The van der Waals surface area contributed by atoms with E-state index in [4.69, 9.17) is 0 Å². The number of amides is 2. The van der Waals surface area contributed by atoms with Crippen molar-refractivity contribution in [2.45, 2.75) is 38.1 Å². The Hall–Kier alpha value is -2.92. The Bertz CT molecular complexity index is 999. The molecule has 0 bridgehead atoms. The number of nitrogens with one attached hydrogen (secondary N) is 2. The summed E-state index contributed by atoms with van der Waals surface area (Å²) in [6.45, 7) is -0.0293. The van der Waals surface area contributed by atoms with Gasteiger partial charge in [-0.2, -0.15) is 0 Å². The van der Waals surface area contributed by atoms with Crippen molar-refractivity contribution in [3.05, 3.63) is 93.2 Å². The molecule has 4 rings (SSSR count). The normalized spacial score (nSPS) is 13.9. The highest BCUT2D eigenvalue weighted by molar-refractivity contribution is 7.10. The van der Waals surface area contributed by atoms with Crippen LogP contribution in [0.4, 0.5) is 0 Å². The van der Waals surface area contributed by atoms with E-state index in [9.17, 15) is 9.59 Å². The summed E-state index contributed by atoms with van der Waals surface area (Å²) in [5.41, 5.74) is 4.85. The van der Waals surface area contributed by atoms with Crippen LogP contribution in [0.25, 0.3) is 0 Å². The molecule has 0 saturated heterocycles. The second-order valence-corrected chi connectivity index (χ2v) is 8.67. The molecule has 1 aliphatic carbocycles. The van der Waals surface area contributed by atoms with Gasteiger partial charge in [0.1, 0.15) is 0 Å². The molecule has 1 atom stereocenters. The summed E-state index contributed by atoms with van der Waals surface area (Å²) < 4.78 is 0. The molecule has 0 spiro atoms. The van der Waals surface area contributed by atoms with Crippen molar-refractivity contribution in [2.24, 2.45) is 0 Å². The zero-order valence-electron chi connectivity index (χ0n) is 16.9. The summed E-state index contributed by atoms with van der Waals surface area (Å²) in [7, 11) is 0. The molecule has 2 N–H and O–H groups in total. The second-order valence-electron chi connectivity index (χ2n) is 7.69. The Morgan fingerprint density at radius 2 is 1.70 bits per heavy atom. The van der Waals surface area contributed by atoms with Gasteiger partial charge in [0.2, 0.25) is 11.8 Å². The topological polar surface area (TPSA) is 58.2 Å². The van der Waals surface area contributed by atoms with Crippen LogP contribution in [0.1, 0.15) is 46.0 Å². The number of carbonyl (C=O) groups excluding carboxylic acids is 2. The fraction of sp³-hybridized carbons (Fsp3) is 0.280. The van der Waals surface area contributed by atoms with Crippen molar-refractivity contribution in [3.63, 3.8) is 0 Å². The molecule has 1 unspecified atom stereocenters. The van der Waals surface area contributed by atoms with E-state index < -0.39 is 0 Å². The molecular weight excluding hydrogens is 392 g/mol. The van der Waals surface area contributed by atoms with Crippen LogP contribution in [0.15, 0.2) is 66.0 Å². The monoisotopic (exact) mass is 418 g/mol. The number of carbonyl (C=O) groups is 2. The van der Waals surface area contributed by atoms with Crippen molar-refractivity contribution in [1.29, 1.82) is 0 Å². The third-order valence-electron chi connectivity index (χ3n) is 5.49. The van der Waals surface area contributed by atoms with Gasteiger partial charge in [0, 0.05) is 4.88 Å². The maximum atomic E-state index is 12.6. The lowest BCUT2D eigenvalue weighted by molar-refractivity contribution is -0.126. The summed E-state index contributed by atoms with van der Waals surface area (Å²) in [5, 5.41) is 7.88. The van der Waals surface area contributed by atoms with Gasteiger partial charge in [0.05, 0.1) is 19.0 Å². The van der Waals surface area contributed by atoms with Crippen molar-refractivity contribution >= 4 is 23.2 Å². The van der Waals surface area contributed by atoms with E-state index in [0.717, 1.165) is 28.8 Å². The smallest absolute Gasteiger partial charge is 0.240 e. The standard InChI is InChI=1S/C25H26N2O2S/c28-23(15-18-7-2-1-3-8-18)26-17-24(29)27-25(22-11-6-14-30-22)21-13-12-19-9-4-5-10-20(19)16-21/h1-3,6-8,11-14,16,25H,4-5,9-10,15,17H2,(H,26,28)(H,27,29). The van der Waals surface area contributed by atoms with Gasteiger partial charge in [0.25, 0.3) is 0 Å². The summed E-state index contributed by atoms with van der Waals surface area (Å²) in [6, 6.07) is 20.0. The largest absolute Gasteiger partial charge is 0.347 e. The maximum Gasteiger partial charge on any atom is 0.240 e. The average Bonchev–Trinajstić information content (AvgIpc) is 3.31. The minimum atomic E-state index is -0.198. The molecule has 1 aliphatic rings. The molecule has 1 heterocycles. The van der Waals surface area contributed by atoms with Crippen LogP contribution in [0.2, 0.25) is 0 Å². The summed E-state index contributed by atoms with van der Waals surface area (Å²) >= 11 is 1.63. The first-order valence-corrected chi connectivity index (χ1v) is 11.3. The lowest BCUT2D eigenvalue weighted by Crippen LogP contribution is -2.39. The van der Waals surface area contributed by atoms with Crippen molar-refractivity contribution < 1.29 is 9.59 Å². The van der Waals surface area contributed by atoms with Crippen molar-refractivity contribution in [3.8, 4) is 0 Å². The van der Waals surface area contributed by atoms with Crippen LogP contribution in [0.3, 0.4) is 0 Å². The molecule has 2 amide bonds. The Morgan fingerprint density at radius 1 is 0.900 bits per heavy atom. The number of hydrogen-bond acceptors (Lipinski definition) is 3. The molecule has 154 valence electrons. The molecule has 3 aromatic rings. The van der Waals surface area contributed by atoms with Crippen molar-refractivity contribution in [1.82, 2.24) is 10.6 Å². The van der Waals surface area contributed by atoms with Crippen molar-refractivity contribution in [2.75, 3.05) is 6.54 Å². The molecular formula is C25H26N2O2S. The van der Waals surface area contributed by atoms with Crippen LogP contribution in [0, 0.1) is 0 Å². The average molecular weight is 419 g/mol. The van der Waals surface area contributed by atoms with Gasteiger partial charge in [-0.05, 0) is 59.4 Å². The molecule has 5 heteroatoms. The zero-order valence-corrected chi connectivity index (χ0v) is 17.7. The summed E-state index contributed by atoms with van der Waals surface area (Å²) in [5.74, 6) is -0.342. The van der Waals surface area contributed by atoms with Crippen LogP contribution in [-0.2, 0) is 28.9 Å². The number of hydrogen-bond donors (Lipinski definition) is 2. The fourth-order valence-electron chi connectivity index (χ4n) is 3.94. The van der Waals surface area contributed by atoms with Gasteiger partial charge in [-0.15, -0.1) is 11.3 Å². The van der Waals surface area contributed by atoms with E-state index in [0.29, 0.717) is 0 Å². The Labute approximate surface area is 181 Å². The van der Waals surface area contributed by atoms with E-state index in [1.54, 1.807) is 11.3 Å². The summed E-state index contributed by atoms with van der Waals surface area (Å²) in [6.07, 6.45) is 4.98. The lowest BCUT2D eigenvalue weighted by Gasteiger charge is -2.22. The number of benzene rings is 2. The molecule has 0 fully saturated rings. The quantitative estimate of drug-likeness (QED) is 0.604. The third kappa shape index (κ3) is 5.16. The van der Waals surface area contributed by atoms with Gasteiger partial charge in [-0.3, -0.25) is 9.59 Å². The fourth-order valence-corrected chi connectivity index (χ4v) is 4.74. The summed E-state index contributed by atoms with van der Waals surface area (Å²) in [4.78, 5) is 25.9. The number of fused-ring (bicyclic) bond motifs is 1. The molecule has 0 saturated carbocycles. The van der Waals surface area contributed by atoms with E-state index in [1.165, 1.54) is 24.0 Å². The van der Waals surface area contributed by atoms with E-state index in [-0.39, 0.29) is 30.8 Å². The van der Waals surface area contributed by atoms with Gasteiger partial charge in [-0.1, -0.05) is 54.6 Å². The van der Waals surface area contributed by atoms with Gasteiger partial charge in [-0.25, -0.2) is 0 Å². The Morgan fingerprint density at radius 3 is 2.47 bits per heavy atom. The predicted molar refractivity (Wildman–Crippen MR) is 121 cm³/mol. The molecule has 0 radical (unpaired) electrons. The second kappa shape index (κ2) is 9.72. The Balaban J connectivity index is 1.41. The van der Waals surface area contributed by atoms with Gasteiger partial charge >= 0.3 is 0 Å². The van der Waals surface area contributed by atoms with Gasteiger partial charge in [0.15, 0.2) is 0 Å². The number of aryl methyl sites for hydroxylation is 2. The van der Waals surface area contributed by atoms with Crippen LogP contribution in [0.5, 0.6) is 0 Å². The first-order valence-electron chi connectivity index (χ1n) is 10.4. The predicted octanol–water partition coefficient (Wildman–Crippen LogP) is 4.19. The van der Waals surface area contributed by atoms with E-state index in [2.05, 4.69) is 28.8 Å². The maximum absolute atomic E-state index is 12.6. The van der Waals surface area contributed by atoms with Crippen LogP contribution < -0.4 is 10.6 Å². The zero-order chi connectivity index (χ0) is 20.8. The minimum absolute atomic E-state index is 0.0293. The molecule has 30 heavy (non-hydrogen) atoms. The molecule has 1 aromatic heterocycles. The highest BCUT2D eigenvalue weighted by atomic mass is 32.1. The SMILES string of the molecule is O=C(Cc1ccccc1)NCC(=O)NC(c1ccc2c(c1)CCCC2)c1cccs1. The minimum Gasteiger partial charge on any atom is -0.347 e. The lowest BCUT2D eigenvalue weighted by atomic mass is 9.89. The first kappa shape index (κ1) is 20.4. The Kier molecular flexibility index (Phi) is 6.60. The molecule has 0 aliphatic heterocycles. The number of rotatable bonds is 7. The molecule has 2 aromatic carbocycles. The highest BCUT2D eigenvalue weighted by Gasteiger charge is 2.20. The van der Waals surface area contributed by atoms with E-state index >= 15 is 0 Å². The molecule has 4 nitrogen and oxygen atoms in total.